The Morgan fingerprint density at radius 3 is 2.41 bits per heavy atom. The van der Waals surface area contributed by atoms with Crippen molar-refractivity contribution in [1.29, 1.82) is 0 Å². The Bertz CT molecular complexity index is 822. The molecule has 1 unspecified atom stereocenters. The molecule has 2 aromatic rings. The van der Waals surface area contributed by atoms with Crippen LogP contribution in [-0.4, -0.2) is 21.0 Å². The fourth-order valence-electron chi connectivity index (χ4n) is 2.15. The van der Waals surface area contributed by atoms with Crippen molar-refractivity contribution in [2.45, 2.75) is 16.9 Å². The molecule has 0 bridgehead atoms. The van der Waals surface area contributed by atoms with E-state index in [2.05, 4.69) is 16.0 Å². The number of hydrogen-bond donors (Lipinski definition) is 3. The summed E-state index contributed by atoms with van der Waals surface area (Å²) < 4.78 is -1.81. The molecule has 3 N–H and O–H groups in total. The van der Waals surface area contributed by atoms with Crippen LogP contribution in [0.4, 0.5) is 5.69 Å². The van der Waals surface area contributed by atoms with Gasteiger partial charge in [-0.2, -0.15) is 0 Å². The van der Waals surface area contributed by atoms with Crippen molar-refractivity contribution in [3.63, 3.8) is 0 Å². The van der Waals surface area contributed by atoms with Crippen LogP contribution in [0.15, 0.2) is 60.7 Å². The Labute approximate surface area is 178 Å². The maximum Gasteiger partial charge on any atom is 0.245 e. The van der Waals surface area contributed by atoms with Crippen LogP contribution in [0.3, 0.4) is 0 Å². The van der Waals surface area contributed by atoms with E-state index in [0.29, 0.717) is 0 Å². The minimum Gasteiger partial charge on any atom is -0.339 e. The van der Waals surface area contributed by atoms with Crippen LogP contribution in [0.5, 0.6) is 0 Å². The van der Waals surface area contributed by atoms with Gasteiger partial charge in [0.15, 0.2) is 5.11 Å². The summed E-state index contributed by atoms with van der Waals surface area (Å²) in [6, 6.07) is 17.0. The first-order valence-electron chi connectivity index (χ1n) is 7.98. The van der Waals surface area contributed by atoms with E-state index in [-0.39, 0.29) is 5.11 Å². The van der Waals surface area contributed by atoms with Crippen molar-refractivity contribution in [2.24, 2.45) is 0 Å². The van der Waals surface area contributed by atoms with Crippen LogP contribution in [0.1, 0.15) is 11.1 Å². The van der Waals surface area contributed by atoms with Gasteiger partial charge in [0.1, 0.15) is 6.17 Å². The highest BCUT2D eigenvalue weighted by molar-refractivity contribution is 7.80. The van der Waals surface area contributed by atoms with E-state index in [9.17, 15) is 4.79 Å². The summed E-state index contributed by atoms with van der Waals surface area (Å²) in [5.74, 6) is -0.430. The molecule has 0 saturated heterocycles. The average Bonchev–Trinajstić information content (AvgIpc) is 2.59. The number of halogens is 3. The topological polar surface area (TPSA) is 53.2 Å². The van der Waals surface area contributed by atoms with Crippen molar-refractivity contribution < 1.29 is 4.79 Å². The molecular formula is C19H18Cl3N3OS. The van der Waals surface area contributed by atoms with Crippen LogP contribution < -0.4 is 16.0 Å². The molecule has 8 heteroatoms. The van der Waals surface area contributed by atoms with Gasteiger partial charge in [0.25, 0.3) is 0 Å². The third kappa shape index (κ3) is 7.77. The van der Waals surface area contributed by atoms with Gasteiger partial charge in [-0.15, -0.1) is 0 Å². The van der Waals surface area contributed by atoms with Gasteiger partial charge in [-0.05, 0) is 48.5 Å². The normalized spacial score (nSPS) is 12.4. The minimum atomic E-state index is -1.81. The first-order valence-corrected chi connectivity index (χ1v) is 9.53. The minimum absolute atomic E-state index is 0.212. The maximum absolute atomic E-state index is 12.2. The van der Waals surface area contributed by atoms with Gasteiger partial charge < -0.3 is 16.0 Å². The lowest BCUT2D eigenvalue weighted by atomic mass is 10.2. The molecule has 27 heavy (non-hydrogen) atoms. The van der Waals surface area contributed by atoms with Crippen molar-refractivity contribution in [1.82, 2.24) is 10.6 Å². The van der Waals surface area contributed by atoms with Crippen LogP contribution in [0.2, 0.25) is 0 Å². The number of carbonyl (C=O) groups is 1. The molecule has 0 spiro atoms. The molecule has 1 amide bonds. The standard InChI is InChI=1S/C19H18Cl3N3OS/c1-13-6-5-9-15(12-13)23-18(27)25-17(19(20,21)22)24-16(26)11-10-14-7-3-2-4-8-14/h2-12,17H,1H3,(H,24,26)(H2,23,25,27)/b11-10+. The van der Waals surface area contributed by atoms with Crippen LogP contribution in [0.25, 0.3) is 6.08 Å². The number of alkyl halides is 3. The fraction of sp³-hybridized carbons (Fsp3) is 0.158. The monoisotopic (exact) mass is 441 g/mol. The Morgan fingerprint density at radius 1 is 1.07 bits per heavy atom. The quantitative estimate of drug-likeness (QED) is 0.269. The van der Waals surface area contributed by atoms with Crippen LogP contribution in [-0.2, 0) is 4.79 Å². The predicted molar refractivity (Wildman–Crippen MR) is 118 cm³/mol. The van der Waals surface area contributed by atoms with Crippen molar-refractivity contribution in [2.75, 3.05) is 5.32 Å². The number of benzene rings is 2. The number of thiocarbonyl (C=S) groups is 1. The van der Waals surface area contributed by atoms with Gasteiger partial charge in [0.05, 0.1) is 0 Å². The molecule has 0 fully saturated rings. The van der Waals surface area contributed by atoms with E-state index in [1.807, 2.05) is 61.5 Å². The first kappa shape index (κ1) is 21.5. The number of rotatable bonds is 5. The number of hydrogen-bond acceptors (Lipinski definition) is 2. The summed E-state index contributed by atoms with van der Waals surface area (Å²) in [6.45, 7) is 1.96. The number of amides is 1. The molecule has 4 nitrogen and oxygen atoms in total. The first-order chi connectivity index (χ1) is 12.7. The highest BCUT2D eigenvalue weighted by Crippen LogP contribution is 2.29. The van der Waals surface area contributed by atoms with E-state index < -0.39 is 15.9 Å². The number of anilines is 1. The molecule has 0 saturated carbocycles. The van der Waals surface area contributed by atoms with Gasteiger partial charge in [0.2, 0.25) is 9.70 Å². The van der Waals surface area contributed by atoms with Gasteiger partial charge in [-0.25, -0.2) is 0 Å². The molecule has 2 aromatic carbocycles. The largest absolute Gasteiger partial charge is 0.339 e. The lowest BCUT2D eigenvalue weighted by Gasteiger charge is -2.27. The van der Waals surface area contributed by atoms with E-state index in [1.165, 1.54) is 6.08 Å². The Kier molecular flexibility index (Phi) is 7.92. The molecule has 0 heterocycles. The zero-order valence-corrected chi connectivity index (χ0v) is 17.5. The Balaban J connectivity index is 1.99. The van der Waals surface area contributed by atoms with E-state index >= 15 is 0 Å². The zero-order valence-electron chi connectivity index (χ0n) is 14.4. The Morgan fingerprint density at radius 2 is 1.78 bits per heavy atom. The second-order valence-electron chi connectivity index (χ2n) is 5.70. The van der Waals surface area contributed by atoms with Crippen LogP contribution in [0, 0.1) is 6.92 Å². The lowest BCUT2D eigenvalue weighted by Crippen LogP contribution is -2.55. The van der Waals surface area contributed by atoms with Gasteiger partial charge in [-0.3, -0.25) is 4.79 Å². The third-order valence-corrected chi connectivity index (χ3v) is 4.27. The van der Waals surface area contributed by atoms with Crippen LogP contribution >= 0.6 is 47.0 Å². The van der Waals surface area contributed by atoms with Gasteiger partial charge in [0, 0.05) is 11.8 Å². The van der Waals surface area contributed by atoms with Gasteiger partial charge >= 0.3 is 0 Å². The fourth-order valence-corrected chi connectivity index (χ4v) is 2.71. The van der Waals surface area contributed by atoms with E-state index in [1.54, 1.807) is 6.08 Å². The summed E-state index contributed by atoms with van der Waals surface area (Å²) in [7, 11) is 0. The second-order valence-corrected chi connectivity index (χ2v) is 8.47. The maximum atomic E-state index is 12.2. The molecular weight excluding hydrogens is 425 g/mol. The highest BCUT2D eigenvalue weighted by Gasteiger charge is 2.34. The summed E-state index contributed by atoms with van der Waals surface area (Å²) >= 11 is 23.2. The van der Waals surface area contributed by atoms with Crippen molar-refractivity contribution in [3.8, 4) is 0 Å². The molecule has 0 aliphatic rings. The summed E-state index contributed by atoms with van der Waals surface area (Å²) in [5.41, 5.74) is 2.73. The lowest BCUT2D eigenvalue weighted by molar-refractivity contribution is -0.117. The molecule has 2 rings (SSSR count). The van der Waals surface area contributed by atoms with E-state index in [0.717, 1.165) is 16.8 Å². The predicted octanol–water partition coefficient (Wildman–Crippen LogP) is 4.81. The average molecular weight is 443 g/mol. The second kappa shape index (κ2) is 9.95. The van der Waals surface area contributed by atoms with Crippen molar-refractivity contribution in [3.05, 3.63) is 71.8 Å². The van der Waals surface area contributed by atoms with E-state index in [4.69, 9.17) is 47.0 Å². The summed E-state index contributed by atoms with van der Waals surface area (Å²) in [6.07, 6.45) is 1.99. The summed E-state index contributed by atoms with van der Waals surface area (Å²) in [4.78, 5) is 12.2. The summed E-state index contributed by atoms with van der Waals surface area (Å²) in [5, 5.41) is 8.61. The smallest absolute Gasteiger partial charge is 0.245 e. The number of nitrogens with one attached hydrogen (secondary N) is 3. The third-order valence-electron chi connectivity index (χ3n) is 3.39. The highest BCUT2D eigenvalue weighted by atomic mass is 35.6. The number of aryl methyl sites for hydroxylation is 1. The molecule has 142 valence electrons. The molecule has 0 radical (unpaired) electrons. The molecule has 1 atom stereocenters. The molecule has 0 aromatic heterocycles. The molecule has 0 aliphatic heterocycles. The zero-order chi connectivity index (χ0) is 19.9. The van der Waals surface area contributed by atoms with Crippen molar-refractivity contribution >= 4 is 69.8 Å². The molecule has 0 aliphatic carbocycles. The Hall–Kier alpha value is -1.79. The van der Waals surface area contributed by atoms with Gasteiger partial charge in [-0.1, -0.05) is 77.3 Å². The SMILES string of the molecule is Cc1cccc(NC(=S)NC(NC(=O)/C=C/c2ccccc2)C(Cl)(Cl)Cl)c1. The number of carbonyl (C=O) groups excluding carboxylic acids is 1.